The lowest BCUT2D eigenvalue weighted by Gasteiger charge is -1.98. The van der Waals surface area contributed by atoms with Gasteiger partial charge in [-0.05, 0) is 26.5 Å². The van der Waals surface area contributed by atoms with Gasteiger partial charge in [-0.2, -0.15) is 0 Å². The third kappa shape index (κ3) is 5.86. The van der Waals surface area contributed by atoms with Crippen LogP contribution in [0.2, 0.25) is 0 Å². The van der Waals surface area contributed by atoms with E-state index in [0.717, 1.165) is 18.7 Å². The van der Waals surface area contributed by atoms with Crippen LogP contribution in [0.4, 0.5) is 0 Å². The Kier molecular flexibility index (Phi) is 7.60. The highest BCUT2D eigenvalue weighted by atomic mass is 14.9. The van der Waals surface area contributed by atoms with Crippen molar-refractivity contribution in [1.29, 1.82) is 0 Å². The SMILES string of the molecule is C\C=C/C=N/C(=C/CC)CNC. The summed E-state index contributed by atoms with van der Waals surface area (Å²) in [4.78, 5) is 4.28. The van der Waals surface area contributed by atoms with E-state index in [2.05, 4.69) is 23.3 Å². The number of allylic oxidation sites excluding steroid dienone is 3. The van der Waals surface area contributed by atoms with Crippen molar-refractivity contribution in [2.24, 2.45) is 4.99 Å². The molecular weight excluding hydrogens is 148 g/mol. The molecule has 0 bridgehead atoms. The highest BCUT2D eigenvalue weighted by Crippen LogP contribution is 1.95. The summed E-state index contributed by atoms with van der Waals surface area (Å²) < 4.78 is 0. The van der Waals surface area contributed by atoms with Crippen molar-refractivity contribution in [1.82, 2.24) is 5.32 Å². The molecule has 0 aliphatic heterocycles. The first kappa shape index (κ1) is 11.1. The summed E-state index contributed by atoms with van der Waals surface area (Å²) in [5.41, 5.74) is 1.10. The minimum absolute atomic E-state index is 0.835. The van der Waals surface area contributed by atoms with Crippen molar-refractivity contribution in [2.45, 2.75) is 20.3 Å². The topological polar surface area (TPSA) is 24.4 Å². The normalized spacial score (nSPS) is 13.4. The molecule has 0 spiro atoms. The fourth-order valence-corrected chi connectivity index (χ4v) is 0.812. The summed E-state index contributed by atoms with van der Waals surface area (Å²) in [5.74, 6) is 0. The number of rotatable bonds is 5. The molecule has 0 unspecified atom stereocenters. The molecule has 0 heterocycles. The van der Waals surface area contributed by atoms with Gasteiger partial charge in [-0.1, -0.05) is 19.1 Å². The molecule has 0 saturated heterocycles. The van der Waals surface area contributed by atoms with Gasteiger partial charge in [0.05, 0.1) is 5.70 Å². The second-order valence-corrected chi connectivity index (χ2v) is 2.44. The number of hydrogen-bond donors (Lipinski definition) is 1. The Morgan fingerprint density at radius 1 is 1.50 bits per heavy atom. The van der Waals surface area contributed by atoms with E-state index in [0.29, 0.717) is 0 Å². The first-order valence-electron chi connectivity index (χ1n) is 4.34. The van der Waals surface area contributed by atoms with Crippen LogP contribution in [-0.2, 0) is 0 Å². The Morgan fingerprint density at radius 3 is 2.75 bits per heavy atom. The van der Waals surface area contributed by atoms with Gasteiger partial charge < -0.3 is 5.32 Å². The van der Waals surface area contributed by atoms with Gasteiger partial charge in [-0.25, -0.2) is 0 Å². The van der Waals surface area contributed by atoms with Gasteiger partial charge in [-0.3, -0.25) is 4.99 Å². The molecule has 0 amide bonds. The predicted molar refractivity (Wildman–Crippen MR) is 55.6 cm³/mol. The molecule has 68 valence electrons. The summed E-state index contributed by atoms with van der Waals surface area (Å²) in [6, 6.07) is 0. The van der Waals surface area contributed by atoms with E-state index in [-0.39, 0.29) is 0 Å². The molecular formula is C10H18N2. The average Bonchev–Trinajstić information content (AvgIpc) is 2.06. The molecule has 12 heavy (non-hydrogen) atoms. The van der Waals surface area contributed by atoms with Gasteiger partial charge in [0.25, 0.3) is 0 Å². The van der Waals surface area contributed by atoms with Gasteiger partial charge >= 0.3 is 0 Å². The van der Waals surface area contributed by atoms with Crippen molar-refractivity contribution < 1.29 is 0 Å². The molecule has 2 nitrogen and oxygen atoms in total. The zero-order valence-corrected chi connectivity index (χ0v) is 8.17. The Morgan fingerprint density at radius 2 is 2.25 bits per heavy atom. The monoisotopic (exact) mass is 166 g/mol. The Balaban J connectivity index is 4.03. The molecule has 2 heteroatoms. The van der Waals surface area contributed by atoms with E-state index in [1.807, 2.05) is 32.3 Å². The maximum Gasteiger partial charge on any atom is 0.0501 e. The van der Waals surface area contributed by atoms with Crippen LogP contribution in [0.25, 0.3) is 0 Å². The zero-order valence-electron chi connectivity index (χ0n) is 8.17. The van der Waals surface area contributed by atoms with Crippen molar-refractivity contribution >= 4 is 6.21 Å². The van der Waals surface area contributed by atoms with Crippen molar-refractivity contribution in [2.75, 3.05) is 13.6 Å². The minimum Gasteiger partial charge on any atom is -0.314 e. The molecule has 0 aliphatic carbocycles. The van der Waals surface area contributed by atoms with Crippen LogP contribution in [0.5, 0.6) is 0 Å². The number of hydrogen-bond acceptors (Lipinski definition) is 2. The fraction of sp³-hybridized carbons (Fsp3) is 0.500. The van der Waals surface area contributed by atoms with Crippen LogP contribution < -0.4 is 5.32 Å². The van der Waals surface area contributed by atoms with Gasteiger partial charge in [-0.15, -0.1) is 0 Å². The molecule has 0 radical (unpaired) electrons. The molecule has 0 aromatic carbocycles. The lowest BCUT2D eigenvalue weighted by Crippen LogP contribution is -2.09. The predicted octanol–water partition coefficient (Wildman–Crippen LogP) is 2.15. The largest absolute Gasteiger partial charge is 0.314 e. The van der Waals surface area contributed by atoms with Gasteiger partial charge in [0.2, 0.25) is 0 Å². The van der Waals surface area contributed by atoms with E-state index >= 15 is 0 Å². The fourth-order valence-electron chi connectivity index (χ4n) is 0.812. The molecule has 1 N–H and O–H groups in total. The number of nitrogens with one attached hydrogen (secondary N) is 1. The van der Waals surface area contributed by atoms with E-state index in [1.54, 1.807) is 0 Å². The first-order chi connectivity index (χ1) is 5.85. The Hall–Kier alpha value is -0.890. The average molecular weight is 166 g/mol. The first-order valence-corrected chi connectivity index (χ1v) is 4.34. The number of likely N-dealkylation sites (N-methyl/N-ethyl adjacent to an activating group) is 1. The van der Waals surface area contributed by atoms with E-state index in [9.17, 15) is 0 Å². The third-order valence-electron chi connectivity index (χ3n) is 1.32. The van der Waals surface area contributed by atoms with Crippen molar-refractivity contribution in [3.05, 3.63) is 23.9 Å². The van der Waals surface area contributed by atoms with Gasteiger partial charge in [0.15, 0.2) is 0 Å². The molecule has 0 fully saturated rings. The number of nitrogens with zero attached hydrogens (tertiary/aromatic N) is 1. The quantitative estimate of drug-likeness (QED) is 0.622. The third-order valence-corrected chi connectivity index (χ3v) is 1.32. The molecule has 0 aliphatic rings. The van der Waals surface area contributed by atoms with Crippen molar-refractivity contribution in [3.63, 3.8) is 0 Å². The molecule has 0 aromatic rings. The van der Waals surface area contributed by atoms with Crippen LogP contribution in [0, 0.1) is 0 Å². The smallest absolute Gasteiger partial charge is 0.0501 e. The summed E-state index contributed by atoms with van der Waals surface area (Å²) in [6.07, 6.45) is 8.87. The van der Waals surface area contributed by atoms with Crippen LogP contribution in [0.1, 0.15) is 20.3 Å². The molecule has 0 atom stereocenters. The van der Waals surface area contributed by atoms with Crippen LogP contribution >= 0.6 is 0 Å². The molecule has 0 saturated carbocycles. The highest BCUT2D eigenvalue weighted by Gasteiger charge is 1.87. The van der Waals surface area contributed by atoms with E-state index in [1.165, 1.54) is 0 Å². The number of aliphatic imine (C=N–C) groups is 1. The van der Waals surface area contributed by atoms with Crippen LogP contribution in [-0.4, -0.2) is 19.8 Å². The summed E-state index contributed by atoms with van der Waals surface area (Å²) >= 11 is 0. The van der Waals surface area contributed by atoms with Crippen molar-refractivity contribution in [3.8, 4) is 0 Å². The maximum absolute atomic E-state index is 4.28. The second-order valence-electron chi connectivity index (χ2n) is 2.44. The standard InChI is InChI=1S/C10H18N2/c1-4-6-8-12-10(7-5-2)9-11-3/h4,6-8,11H,5,9H2,1-3H3/b6-4-,10-7+,12-8+. The zero-order chi connectivity index (χ0) is 9.23. The lowest BCUT2D eigenvalue weighted by atomic mass is 10.3. The van der Waals surface area contributed by atoms with Crippen LogP contribution in [0.15, 0.2) is 28.9 Å². The summed E-state index contributed by atoms with van der Waals surface area (Å²) in [6.45, 7) is 4.93. The van der Waals surface area contributed by atoms with Gasteiger partial charge in [0, 0.05) is 12.8 Å². The van der Waals surface area contributed by atoms with Crippen LogP contribution in [0.3, 0.4) is 0 Å². The lowest BCUT2D eigenvalue weighted by molar-refractivity contribution is 0.865. The summed E-state index contributed by atoms with van der Waals surface area (Å²) in [7, 11) is 1.93. The minimum atomic E-state index is 0.835. The highest BCUT2D eigenvalue weighted by molar-refractivity contribution is 5.71. The van der Waals surface area contributed by atoms with E-state index < -0.39 is 0 Å². The van der Waals surface area contributed by atoms with E-state index in [4.69, 9.17) is 0 Å². The van der Waals surface area contributed by atoms with Gasteiger partial charge in [0.1, 0.15) is 0 Å². The second kappa shape index (κ2) is 8.21. The molecule has 0 aromatic heterocycles. The molecule has 0 rings (SSSR count). The Labute approximate surface area is 75.1 Å². The summed E-state index contributed by atoms with van der Waals surface area (Å²) in [5, 5.41) is 3.07. The Bertz CT molecular complexity index is 178. The maximum atomic E-state index is 4.28.